The third kappa shape index (κ3) is 5.68. The summed E-state index contributed by atoms with van der Waals surface area (Å²) in [5.41, 5.74) is 0.403. The normalized spacial score (nSPS) is 11.3. The fraction of sp³-hybridized carbons (Fsp3) is 0.300. The lowest BCUT2D eigenvalue weighted by molar-refractivity contribution is -0.385. The van der Waals surface area contributed by atoms with Gasteiger partial charge in [0, 0.05) is 6.07 Å². The van der Waals surface area contributed by atoms with Gasteiger partial charge in [0.25, 0.3) is 11.6 Å². The summed E-state index contributed by atoms with van der Waals surface area (Å²) in [5, 5.41) is 13.8. The Kier molecular flexibility index (Phi) is 7.53. The van der Waals surface area contributed by atoms with Crippen LogP contribution < -0.4 is 14.8 Å². The number of hydrogen-bond donors (Lipinski definition) is 1. The van der Waals surface area contributed by atoms with Crippen LogP contribution in [0.25, 0.3) is 0 Å². The van der Waals surface area contributed by atoms with Crippen molar-refractivity contribution in [2.75, 3.05) is 20.3 Å². The molecule has 2 aromatic rings. The lowest BCUT2D eigenvalue weighted by Gasteiger charge is -2.17. The topological polar surface area (TPSA) is 117 Å². The maximum atomic E-state index is 12.5. The first-order chi connectivity index (χ1) is 13.9. The van der Waals surface area contributed by atoms with Crippen LogP contribution in [0.1, 0.15) is 35.8 Å². The highest BCUT2D eigenvalue weighted by Gasteiger charge is 2.21. The van der Waals surface area contributed by atoms with Gasteiger partial charge in [-0.05, 0) is 37.6 Å². The van der Waals surface area contributed by atoms with E-state index < -0.39 is 22.8 Å². The van der Waals surface area contributed by atoms with Crippen LogP contribution in [-0.2, 0) is 9.53 Å². The van der Waals surface area contributed by atoms with E-state index in [4.69, 9.17) is 14.2 Å². The van der Waals surface area contributed by atoms with Crippen molar-refractivity contribution in [1.82, 2.24) is 5.32 Å². The van der Waals surface area contributed by atoms with Crippen LogP contribution in [0.5, 0.6) is 11.5 Å². The van der Waals surface area contributed by atoms with Crippen molar-refractivity contribution in [3.63, 3.8) is 0 Å². The molecule has 1 atom stereocenters. The molecule has 154 valence electrons. The molecule has 0 heterocycles. The fourth-order valence-electron chi connectivity index (χ4n) is 2.59. The maximum Gasteiger partial charge on any atom is 0.344 e. The molecule has 0 saturated carbocycles. The molecule has 0 aliphatic rings. The van der Waals surface area contributed by atoms with E-state index in [0.717, 1.165) is 0 Å². The summed E-state index contributed by atoms with van der Waals surface area (Å²) >= 11 is 0. The van der Waals surface area contributed by atoms with Gasteiger partial charge in [-0.3, -0.25) is 14.9 Å². The molecule has 0 radical (unpaired) electrons. The number of rotatable bonds is 9. The number of carbonyl (C=O) groups is 2. The number of nitrogens with zero attached hydrogens (tertiary/aromatic N) is 1. The Hall–Kier alpha value is -3.62. The quantitative estimate of drug-likeness (QED) is 0.389. The molecule has 2 rings (SSSR count). The lowest BCUT2D eigenvalue weighted by Crippen LogP contribution is -2.27. The largest absolute Gasteiger partial charge is 0.493 e. The van der Waals surface area contributed by atoms with Crippen LogP contribution >= 0.6 is 0 Å². The molecule has 9 heteroatoms. The van der Waals surface area contributed by atoms with Crippen molar-refractivity contribution in [2.45, 2.75) is 19.9 Å². The highest BCUT2D eigenvalue weighted by atomic mass is 16.6. The summed E-state index contributed by atoms with van der Waals surface area (Å²) in [7, 11) is 1.45. The molecule has 0 aliphatic heterocycles. The van der Waals surface area contributed by atoms with Crippen molar-refractivity contribution < 1.29 is 28.7 Å². The Morgan fingerprint density at radius 2 is 1.90 bits per heavy atom. The number of para-hydroxylation sites is 1. The predicted octanol–water partition coefficient (Wildman–Crippen LogP) is 3.04. The van der Waals surface area contributed by atoms with Gasteiger partial charge >= 0.3 is 5.97 Å². The summed E-state index contributed by atoms with van der Waals surface area (Å²) in [4.78, 5) is 34.4. The van der Waals surface area contributed by atoms with Crippen molar-refractivity contribution in [2.24, 2.45) is 0 Å². The van der Waals surface area contributed by atoms with E-state index in [1.54, 1.807) is 38.1 Å². The van der Waals surface area contributed by atoms with E-state index in [2.05, 4.69) is 5.32 Å². The number of carbonyl (C=O) groups excluding carboxylic acids is 2. The van der Waals surface area contributed by atoms with Crippen molar-refractivity contribution in [3.8, 4) is 11.5 Å². The number of hydrogen-bond acceptors (Lipinski definition) is 7. The number of nitro benzene ring substituents is 1. The van der Waals surface area contributed by atoms with E-state index in [1.165, 1.54) is 25.3 Å². The highest BCUT2D eigenvalue weighted by Crippen LogP contribution is 2.30. The van der Waals surface area contributed by atoms with Crippen LogP contribution in [0.4, 0.5) is 5.69 Å². The number of esters is 1. The molecule has 0 fully saturated rings. The summed E-state index contributed by atoms with van der Waals surface area (Å²) in [6.07, 6.45) is 0. The molecular weight excluding hydrogens is 380 g/mol. The lowest BCUT2D eigenvalue weighted by atomic mass is 10.1. The second-order valence-corrected chi connectivity index (χ2v) is 5.97. The van der Waals surface area contributed by atoms with E-state index >= 15 is 0 Å². The van der Waals surface area contributed by atoms with Gasteiger partial charge in [-0.15, -0.1) is 0 Å². The van der Waals surface area contributed by atoms with Gasteiger partial charge < -0.3 is 19.5 Å². The van der Waals surface area contributed by atoms with Crippen molar-refractivity contribution >= 4 is 17.6 Å². The highest BCUT2D eigenvalue weighted by molar-refractivity contribution is 5.98. The second-order valence-electron chi connectivity index (χ2n) is 5.97. The Morgan fingerprint density at radius 1 is 1.17 bits per heavy atom. The van der Waals surface area contributed by atoms with Crippen LogP contribution in [-0.4, -0.2) is 37.1 Å². The van der Waals surface area contributed by atoms with Crippen molar-refractivity contribution in [1.29, 1.82) is 0 Å². The zero-order valence-electron chi connectivity index (χ0n) is 16.3. The van der Waals surface area contributed by atoms with Gasteiger partial charge in [0.1, 0.15) is 5.56 Å². The van der Waals surface area contributed by atoms with Gasteiger partial charge in [-0.25, -0.2) is 4.79 Å². The number of benzene rings is 2. The molecule has 1 amide bonds. The SMILES string of the molecule is CCOC(=O)COc1ccc(C(C)NC(=O)c2ccccc2[N+](=O)[O-])cc1OC. The number of amides is 1. The molecule has 0 spiro atoms. The molecular formula is C20H22N2O7. The third-order valence-electron chi connectivity index (χ3n) is 4.03. The average Bonchev–Trinajstić information content (AvgIpc) is 2.72. The minimum atomic E-state index is -0.599. The molecule has 0 aromatic heterocycles. The van der Waals surface area contributed by atoms with Crippen LogP contribution in [0, 0.1) is 10.1 Å². The third-order valence-corrected chi connectivity index (χ3v) is 4.03. The first-order valence-corrected chi connectivity index (χ1v) is 8.88. The fourth-order valence-corrected chi connectivity index (χ4v) is 2.59. The molecule has 1 N–H and O–H groups in total. The van der Waals surface area contributed by atoms with Crippen molar-refractivity contribution in [3.05, 3.63) is 63.7 Å². The second kappa shape index (κ2) is 10.1. The van der Waals surface area contributed by atoms with E-state index in [1.807, 2.05) is 0 Å². The van der Waals surface area contributed by atoms with Gasteiger partial charge in [0.15, 0.2) is 18.1 Å². The summed E-state index contributed by atoms with van der Waals surface area (Å²) in [6.45, 7) is 3.44. The van der Waals surface area contributed by atoms with Gasteiger partial charge in [0.2, 0.25) is 0 Å². The average molecular weight is 402 g/mol. The Bertz CT molecular complexity index is 898. The first kappa shape index (κ1) is 21.7. The maximum absolute atomic E-state index is 12.5. The van der Waals surface area contributed by atoms with Gasteiger partial charge in [-0.1, -0.05) is 18.2 Å². The molecule has 0 aliphatic carbocycles. The van der Waals surface area contributed by atoms with Gasteiger partial charge in [0.05, 0.1) is 24.7 Å². The Balaban J connectivity index is 2.13. The monoisotopic (exact) mass is 402 g/mol. The molecule has 1 unspecified atom stereocenters. The smallest absolute Gasteiger partial charge is 0.344 e. The van der Waals surface area contributed by atoms with Crippen LogP contribution in [0.15, 0.2) is 42.5 Å². The van der Waals surface area contributed by atoms with E-state index in [-0.39, 0.29) is 24.5 Å². The summed E-state index contributed by atoms with van der Waals surface area (Å²) < 4.78 is 15.5. The molecule has 2 aromatic carbocycles. The summed E-state index contributed by atoms with van der Waals surface area (Å²) in [5.74, 6) is -0.338. The summed E-state index contributed by atoms with van der Waals surface area (Å²) in [6, 6.07) is 10.2. The number of methoxy groups -OCH3 is 1. The minimum absolute atomic E-state index is 0.0225. The molecule has 29 heavy (non-hydrogen) atoms. The van der Waals surface area contributed by atoms with Crippen LogP contribution in [0.2, 0.25) is 0 Å². The van der Waals surface area contributed by atoms with E-state index in [0.29, 0.717) is 17.1 Å². The number of nitro groups is 1. The number of ether oxygens (including phenoxy) is 3. The van der Waals surface area contributed by atoms with Gasteiger partial charge in [-0.2, -0.15) is 0 Å². The van der Waals surface area contributed by atoms with Crippen LogP contribution in [0.3, 0.4) is 0 Å². The molecule has 0 saturated heterocycles. The first-order valence-electron chi connectivity index (χ1n) is 8.88. The standard InChI is InChI=1S/C20H22N2O7/c1-4-28-19(23)12-29-17-10-9-14(11-18(17)27-3)13(2)21-20(24)15-7-5-6-8-16(15)22(25)26/h5-11,13H,4,12H2,1-3H3,(H,21,24). The zero-order valence-corrected chi connectivity index (χ0v) is 16.3. The Labute approximate surface area is 167 Å². The van der Waals surface area contributed by atoms with E-state index in [9.17, 15) is 19.7 Å². The Morgan fingerprint density at radius 3 is 2.55 bits per heavy atom. The minimum Gasteiger partial charge on any atom is -0.493 e. The predicted molar refractivity (Wildman–Crippen MR) is 104 cm³/mol. The number of nitrogens with one attached hydrogen (secondary N) is 1. The molecule has 9 nitrogen and oxygen atoms in total. The molecule has 0 bridgehead atoms. The zero-order chi connectivity index (χ0) is 21.4.